The fraction of sp³-hybridized carbons (Fsp3) is 0.188. The van der Waals surface area contributed by atoms with Gasteiger partial charge in [-0.05, 0) is 24.6 Å². The zero-order valence-corrected chi connectivity index (χ0v) is 12.0. The van der Waals surface area contributed by atoms with Crippen molar-refractivity contribution in [1.29, 1.82) is 0 Å². The Balaban J connectivity index is 2.12. The number of para-hydroxylation sites is 1. The van der Waals surface area contributed by atoms with Gasteiger partial charge >= 0.3 is 0 Å². The molecule has 104 valence electrons. The van der Waals surface area contributed by atoms with Gasteiger partial charge < -0.3 is 9.57 Å². The average molecular weight is 290 g/mol. The first-order valence-corrected chi connectivity index (χ1v) is 6.80. The Morgan fingerprint density at radius 2 is 1.75 bits per heavy atom. The van der Waals surface area contributed by atoms with E-state index in [1.54, 1.807) is 0 Å². The predicted molar refractivity (Wildman–Crippen MR) is 81.2 cm³/mol. The monoisotopic (exact) mass is 289 g/mol. The lowest BCUT2D eigenvalue weighted by atomic mass is 10.1. The summed E-state index contributed by atoms with van der Waals surface area (Å²) in [6.07, 6.45) is 0. The van der Waals surface area contributed by atoms with E-state index in [-0.39, 0.29) is 0 Å². The van der Waals surface area contributed by atoms with E-state index in [0.717, 1.165) is 16.9 Å². The number of nitrogens with zero attached hydrogens (tertiary/aromatic N) is 1. The third kappa shape index (κ3) is 4.00. The maximum atomic E-state index is 6.14. The molecular weight excluding hydrogens is 274 g/mol. The molecule has 2 rings (SSSR count). The van der Waals surface area contributed by atoms with Crippen molar-refractivity contribution in [3.05, 3.63) is 65.7 Å². The highest BCUT2D eigenvalue weighted by Crippen LogP contribution is 2.16. The molecule has 0 atom stereocenters. The van der Waals surface area contributed by atoms with E-state index in [4.69, 9.17) is 21.2 Å². The van der Waals surface area contributed by atoms with Crippen LogP contribution in [0.25, 0.3) is 0 Å². The number of oxime groups is 1. The summed E-state index contributed by atoms with van der Waals surface area (Å²) >= 11 is 6.14. The Hall–Kier alpha value is -2.00. The van der Waals surface area contributed by atoms with Gasteiger partial charge in [-0.1, -0.05) is 59.2 Å². The van der Waals surface area contributed by atoms with Gasteiger partial charge in [0.25, 0.3) is 0 Å². The normalized spacial score (nSPS) is 11.2. The minimum Gasteiger partial charge on any atom is -0.489 e. The molecular formula is C16H16ClNO2. The average Bonchev–Trinajstić information content (AvgIpc) is 2.52. The van der Waals surface area contributed by atoms with Crippen LogP contribution in [0.1, 0.15) is 18.1 Å². The van der Waals surface area contributed by atoms with E-state index >= 15 is 0 Å². The maximum absolute atomic E-state index is 6.14. The van der Waals surface area contributed by atoms with Crippen molar-refractivity contribution in [3.8, 4) is 5.75 Å². The Morgan fingerprint density at radius 3 is 2.50 bits per heavy atom. The molecule has 0 aliphatic heterocycles. The lowest BCUT2D eigenvalue weighted by molar-refractivity contribution is 0.160. The van der Waals surface area contributed by atoms with E-state index in [1.165, 1.54) is 0 Å². The lowest BCUT2D eigenvalue weighted by Gasteiger charge is -2.09. The number of hydrogen-bond acceptors (Lipinski definition) is 3. The van der Waals surface area contributed by atoms with Crippen molar-refractivity contribution >= 4 is 16.8 Å². The number of hydrogen-bond donors (Lipinski definition) is 0. The van der Waals surface area contributed by atoms with Crippen LogP contribution in [0.2, 0.25) is 0 Å². The standard InChI is InChI=1S/C16H16ClNO2/c1-2-20-18-16(17)15-11-7-6-8-13(15)12-19-14-9-4-3-5-10-14/h3-11H,2,12H2,1H3/b18-16-. The highest BCUT2D eigenvalue weighted by Gasteiger charge is 2.08. The third-order valence-corrected chi connectivity index (χ3v) is 2.92. The molecule has 2 aromatic rings. The second kappa shape index (κ2) is 7.56. The van der Waals surface area contributed by atoms with E-state index < -0.39 is 0 Å². The molecule has 4 heteroatoms. The van der Waals surface area contributed by atoms with Gasteiger partial charge in [-0.2, -0.15) is 0 Å². The smallest absolute Gasteiger partial charge is 0.175 e. The van der Waals surface area contributed by atoms with Crippen LogP contribution < -0.4 is 4.74 Å². The Morgan fingerprint density at radius 1 is 1.05 bits per heavy atom. The zero-order chi connectivity index (χ0) is 14.2. The SMILES string of the molecule is CCO/N=C(\Cl)c1ccccc1COc1ccccc1. The van der Waals surface area contributed by atoms with Crippen LogP contribution in [0.4, 0.5) is 0 Å². The fourth-order valence-corrected chi connectivity index (χ4v) is 1.93. The van der Waals surface area contributed by atoms with Crippen molar-refractivity contribution in [2.75, 3.05) is 6.61 Å². The maximum Gasteiger partial charge on any atom is 0.175 e. The Kier molecular flexibility index (Phi) is 5.44. The van der Waals surface area contributed by atoms with Crippen LogP contribution in [0, 0.1) is 0 Å². The number of benzene rings is 2. The van der Waals surface area contributed by atoms with Gasteiger partial charge in [-0.3, -0.25) is 0 Å². The highest BCUT2D eigenvalue weighted by molar-refractivity contribution is 6.69. The number of halogens is 1. The van der Waals surface area contributed by atoms with Crippen LogP contribution in [0.3, 0.4) is 0 Å². The summed E-state index contributed by atoms with van der Waals surface area (Å²) in [5, 5.41) is 4.19. The Bertz CT molecular complexity index is 570. The van der Waals surface area contributed by atoms with E-state index in [0.29, 0.717) is 18.4 Å². The first-order valence-electron chi connectivity index (χ1n) is 6.43. The molecule has 0 radical (unpaired) electrons. The second-order valence-corrected chi connectivity index (χ2v) is 4.42. The molecule has 0 N–H and O–H groups in total. The largest absolute Gasteiger partial charge is 0.489 e. The van der Waals surface area contributed by atoms with E-state index in [9.17, 15) is 0 Å². The van der Waals surface area contributed by atoms with Crippen molar-refractivity contribution in [2.24, 2.45) is 5.16 Å². The minimum atomic E-state index is 0.333. The molecule has 2 aromatic carbocycles. The number of rotatable bonds is 6. The molecule has 0 aromatic heterocycles. The van der Waals surface area contributed by atoms with Gasteiger partial charge in [0.1, 0.15) is 19.0 Å². The topological polar surface area (TPSA) is 30.8 Å². The third-order valence-electron chi connectivity index (χ3n) is 2.65. The molecule has 3 nitrogen and oxygen atoms in total. The molecule has 0 amide bonds. The fourth-order valence-electron chi connectivity index (χ4n) is 1.70. The van der Waals surface area contributed by atoms with Gasteiger partial charge in [0.15, 0.2) is 5.17 Å². The first-order chi connectivity index (χ1) is 9.81. The first kappa shape index (κ1) is 14.4. The van der Waals surface area contributed by atoms with Crippen LogP contribution in [0.15, 0.2) is 59.8 Å². The molecule has 0 spiro atoms. The summed E-state index contributed by atoms with van der Waals surface area (Å²) in [6.45, 7) is 2.77. The summed E-state index contributed by atoms with van der Waals surface area (Å²) in [7, 11) is 0. The summed E-state index contributed by atoms with van der Waals surface area (Å²) in [6, 6.07) is 17.4. The van der Waals surface area contributed by atoms with Crippen LogP contribution in [-0.4, -0.2) is 11.8 Å². The van der Waals surface area contributed by atoms with Gasteiger partial charge in [-0.15, -0.1) is 0 Å². The van der Waals surface area contributed by atoms with Crippen molar-refractivity contribution in [2.45, 2.75) is 13.5 Å². The zero-order valence-electron chi connectivity index (χ0n) is 11.3. The summed E-state index contributed by atoms with van der Waals surface area (Å²) in [5.41, 5.74) is 1.78. The van der Waals surface area contributed by atoms with Crippen molar-refractivity contribution in [1.82, 2.24) is 0 Å². The molecule has 0 bridgehead atoms. The highest BCUT2D eigenvalue weighted by atomic mass is 35.5. The molecule has 0 saturated heterocycles. The predicted octanol–water partition coefficient (Wildman–Crippen LogP) is 4.20. The Labute approximate surface area is 123 Å². The van der Waals surface area contributed by atoms with Gasteiger partial charge in [0.2, 0.25) is 0 Å². The van der Waals surface area contributed by atoms with Crippen LogP contribution >= 0.6 is 11.6 Å². The lowest BCUT2D eigenvalue weighted by Crippen LogP contribution is -2.03. The molecule has 0 fully saturated rings. The summed E-state index contributed by atoms with van der Waals surface area (Å²) in [5.74, 6) is 0.820. The van der Waals surface area contributed by atoms with Crippen molar-refractivity contribution < 1.29 is 9.57 Å². The molecule has 0 aliphatic rings. The number of ether oxygens (including phenoxy) is 1. The minimum absolute atomic E-state index is 0.333. The summed E-state index contributed by atoms with van der Waals surface area (Å²) in [4.78, 5) is 4.98. The second-order valence-electron chi connectivity index (χ2n) is 4.06. The van der Waals surface area contributed by atoms with E-state index in [2.05, 4.69) is 5.16 Å². The van der Waals surface area contributed by atoms with Crippen molar-refractivity contribution in [3.63, 3.8) is 0 Å². The van der Waals surface area contributed by atoms with Crippen LogP contribution in [0.5, 0.6) is 5.75 Å². The molecule has 0 aliphatic carbocycles. The molecule has 0 heterocycles. The molecule has 0 saturated carbocycles. The van der Waals surface area contributed by atoms with Gasteiger partial charge in [0.05, 0.1) is 0 Å². The van der Waals surface area contributed by atoms with Gasteiger partial charge in [-0.25, -0.2) is 0 Å². The summed E-state index contributed by atoms with van der Waals surface area (Å²) < 4.78 is 5.73. The van der Waals surface area contributed by atoms with Crippen LogP contribution in [-0.2, 0) is 11.4 Å². The molecule has 0 unspecified atom stereocenters. The quantitative estimate of drug-likeness (QED) is 0.589. The molecule has 20 heavy (non-hydrogen) atoms. The van der Waals surface area contributed by atoms with Gasteiger partial charge in [0, 0.05) is 5.56 Å². The van der Waals surface area contributed by atoms with E-state index in [1.807, 2.05) is 61.5 Å².